The van der Waals surface area contributed by atoms with Crippen LogP contribution in [0.5, 0.6) is 0 Å². The Morgan fingerprint density at radius 1 is 0.861 bits per heavy atom. The number of rotatable bonds is 2. The van der Waals surface area contributed by atoms with Gasteiger partial charge in [-0.1, -0.05) is 13.8 Å². The standard InChI is InChI=1S/C30H42N2O3S/c1-20-3-5-26(22-9-13-34-15-22)31-18-29(11-7-24(20)31)17-30(36-19-29)12-8-25-21(2)4-6-27(32(25)28(30)33)23-10-14-35-16-23/h9-10,13-16,20-21,24-28,33H,3-8,11-12,17-19H2,1-2H3/t20-,21-,24+,25+,26?,27?,28-,29+,30+/m1/s1. The predicted octanol–water partition coefficient (Wildman–Crippen LogP) is 6.62. The molecule has 1 N–H and O–H groups in total. The van der Waals surface area contributed by atoms with Crippen LogP contribution in [0.25, 0.3) is 0 Å². The second-order valence-electron chi connectivity index (χ2n) is 13.0. The molecule has 6 heteroatoms. The molecule has 5 aliphatic heterocycles. The van der Waals surface area contributed by atoms with Crippen LogP contribution in [-0.2, 0) is 0 Å². The van der Waals surface area contributed by atoms with Gasteiger partial charge < -0.3 is 13.9 Å². The lowest BCUT2D eigenvalue weighted by Crippen LogP contribution is -2.63. The first kappa shape index (κ1) is 23.9. The van der Waals surface area contributed by atoms with Gasteiger partial charge in [0, 0.05) is 47.6 Å². The van der Waals surface area contributed by atoms with Crippen molar-refractivity contribution < 1.29 is 13.9 Å². The van der Waals surface area contributed by atoms with Crippen LogP contribution in [0.1, 0.15) is 94.8 Å². The highest BCUT2D eigenvalue weighted by Crippen LogP contribution is 2.62. The van der Waals surface area contributed by atoms with Crippen molar-refractivity contribution in [2.75, 3.05) is 12.3 Å². The zero-order chi connectivity index (χ0) is 24.5. The maximum Gasteiger partial charge on any atom is 0.122 e. The van der Waals surface area contributed by atoms with Gasteiger partial charge in [-0.15, -0.1) is 0 Å². The SMILES string of the molecule is C[C@@H]1CCC(c2ccoc2)N2C[C@@]3(CC[C@@H]12)CS[C@@]1(CC[C@H]2[C@H](C)CCC(c4ccoc4)N2[C@@H]1O)C3. The number of hydrogen-bond donors (Lipinski definition) is 1. The van der Waals surface area contributed by atoms with E-state index < -0.39 is 0 Å². The molecule has 196 valence electrons. The normalized spacial score (nSPS) is 45.7. The monoisotopic (exact) mass is 510 g/mol. The number of furan rings is 2. The fourth-order valence-electron chi connectivity index (χ4n) is 9.05. The quantitative estimate of drug-likeness (QED) is 0.490. The Labute approximate surface area is 220 Å². The predicted molar refractivity (Wildman–Crippen MR) is 143 cm³/mol. The van der Waals surface area contributed by atoms with E-state index in [2.05, 4.69) is 47.5 Å². The summed E-state index contributed by atoms with van der Waals surface area (Å²) in [5.74, 6) is 2.59. The number of aliphatic hydroxyl groups is 1. The van der Waals surface area contributed by atoms with Gasteiger partial charge in [-0.05, 0) is 87.2 Å². The van der Waals surface area contributed by atoms with Crippen molar-refractivity contribution in [1.82, 2.24) is 9.80 Å². The minimum absolute atomic E-state index is 0.0467. The van der Waals surface area contributed by atoms with E-state index in [0.29, 0.717) is 29.5 Å². The summed E-state index contributed by atoms with van der Waals surface area (Å²) in [5.41, 5.74) is 2.90. The molecule has 0 aliphatic carbocycles. The number of thioether (sulfide) groups is 1. The molecule has 0 bridgehead atoms. The van der Waals surface area contributed by atoms with Gasteiger partial charge in [0.05, 0.1) is 29.8 Å². The number of aliphatic hydroxyl groups excluding tert-OH is 1. The van der Waals surface area contributed by atoms with Gasteiger partial charge in [0.15, 0.2) is 0 Å². The molecule has 5 fully saturated rings. The highest BCUT2D eigenvalue weighted by Gasteiger charge is 2.60. The van der Waals surface area contributed by atoms with Gasteiger partial charge in [0.1, 0.15) is 6.23 Å². The minimum atomic E-state index is -0.383. The first-order valence-electron chi connectivity index (χ1n) is 14.4. The molecule has 0 saturated carbocycles. The van der Waals surface area contributed by atoms with E-state index in [9.17, 15) is 5.11 Å². The Morgan fingerprint density at radius 3 is 2.25 bits per heavy atom. The van der Waals surface area contributed by atoms with E-state index in [-0.39, 0.29) is 17.0 Å². The Balaban J connectivity index is 1.16. The Morgan fingerprint density at radius 2 is 1.53 bits per heavy atom. The molecule has 0 aromatic carbocycles. The van der Waals surface area contributed by atoms with E-state index in [1.54, 1.807) is 6.26 Å². The van der Waals surface area contributed by atoms with E-state index >= 15 is 0 Å². The lowest BCUT2D eigenvalue weighted by Gasteiger charge is -2.57. The highest BCUT2D eigenvalue weighted by molar-refractivity contribution is 8.01. The van der Waals surface area contributed by atoms with Crippen LogP contribution in [-0.4, -0.2) is 50.3 Å². The average molecular weight is 511 g/mol. The molecule has 7 rings (SSSR count). The summed E-state index contributed by atoms with van der Waals surface area (Å²) < 4.78 is 11.0. The molecule has 5 saturated heterocycles. The summed E-state index contributed by atoms with van der Waals surface area (Å²) in [6.45, 7) is 6.03. The Bertz CT molecular complexity index is 1040. The number of piperidine rings is 4. The molecule has 9 atom stereocenters. The van der Waals surface area contributed by atoms with Crippen molar-refractivity contribution >= 4 is 11.8 Å². The van der Waals surface area contributed by atoms with Crippen molar-refractivity contribution in [2.24, 2.45) is 17.3 Å². The van der Waals surface area contributed by atoms with E-state index in [4.69, 9.17) is 8.83 Å². The number of fused-ring (bicyclic) bond motifs is 2. The fourth-order valence-corrected chi connectivity index (χ4v) is 10.9. The van der Waals surface area contributed by atoms with Crippen molar-refractivity contribution in [3.05, 3.63) is 48.3 Å². The lowest BCUT2D eigenvalue weighted by atomic mass is 9.67. The molecule has 7 heterocycles. The molecular weight excluding hydrogens is 468 g/mol. The maximum absolute atomic E-state index is 12.2. The molecule has 0 radical (unpaired) electrons. The Kier molecular flexibility index (Phi) is 5.92. The highest BCUT2D eigenvalue weighted by atomic mass is 32.2. The molecule has 0 amide bonds. The van der Waals surface area contributed by atoms with Crippen molar-refractivity contribution in [3.63, 3.8) is 0 Å². The van der Waals surface area contributed by atoms with Gasteiger partial charge in [0.2, 0.25) is 0 Å². The minimum Gasteiger partial charge on any atom is -0.472 e. The van der Waals surface area contributed by atoms with E-state index in [1.807, 2.05) is 18.8 Å². The zero-order valence-corrected chi connectivity index (χ0v) is 22.7. The summed E-state index contributed by atoms with van der Waals surface area (Å²) in [6, 6.07) is 6.21. The molecule has 5 nitrogen and oxygen atoms in total. The second-order valence-corrected chi connectivity index (χ2v) is 14.4. The van der Waals surface area contributed by atoms with Crippen molar-refractivity contribution in [3.8, 4) is 0 Å². The fraction of sp³-hybridized carbons (Fsp3) is 0.733. The smallest absolute Gasteiger partial charge is 0.122 e. The van der Waals surface area contributed by atoms with E-state index in [0.717, 1.165) is 25.2 Å². The second kappa shape index (κ2) is 8.93. The molecule has 2 aromatic heterocycles. The third kappa shape index (κ3) is 3.69. The van der Waals surface area contributed by atoms with Gasteiger partial charge in [-0.25, -0.2) is 0 Å². The first-order valence-corrected chi connectivity index (χ1v) is 15.4. The average Bonchev–Trinajstić information content (AvgIpc) is 3.65. The van der Waals surface area contributed by atoms with Crippen molar-refractivity contribution in [2.45, 2.75) is 107 Å². The maximum atomic E-state index is 12.2. The van der Waals surface area contributed by atoms with Crippen LogP contribution in [0.15, 0.2) is 46.0 Å². The molecule has 2 unspecified atom stereocenters. The molecule has 36 heavy (non-hydrogen) atoms. The van der Waals surface area contributed by atoms with Crippen LogP contribution >= 0.6 is 11.8 Å². The zero-order valence-electron chi connectivity index (χ0n) is 21.9. The summed E-state index contributed by atoms with van der Waals surface area (Å²) in [4.78, 5) is 5.38. The van der Waals surface area contributed by atoms with Gasteiger partial charge in [0.25, 0.3) is 0 Å². The lowest BCUT2D eigenvalue weighted by molar-refractivity contribution is -0.142. The molecule has 2 spiro atoms. The third-order valence-corrected chi connectivity index (χ3v) is 12.9. The van der Waals surface area contributed by atoms with Crippen LogP contribution in [0.2, 0.25) is 0 Å². The van der Waals surface area contributed by atoms with Crippen LogP contribution in [0.3, 0.4) is 0 Å². The molecular formula is C30H42N2O3S. The van der Waals surface area contributed by atoms with Gasteiger partial charge in [-0.2, -0.15) is 11.8 Å². The molecule has 2 aromatic rings. The van der Waals surface area contributed by atoms with Crippen LogP contribution < -0.4 is 0 Å². The van der Waals surface area contributed by atoms with Gasteiger partial charge in [-0.3, -0.25) is 9.80 Å². The first-order chi connectivity index (χ1) is 17.5. The topological polar surface area (TPSA) is 53.0 Å². The third-order valence-electron chi connectivity index (χ3n) is 11.0. The summed E-state index contributed by atoms with van der Waals surface area (Å²) in [5, 5.41) is 12.2. The summed E-state index contributed by atoms with van der Waals surface area (Å²) in [7, 11) is 0. The van der Waals surface area contributed by atoms with Gasteiger partial charge >= 0.3 is 0 Å². The van der Waals surface area contributed by atoms with Crippen LogP contribution in [0, 0.1) is 17.3 Å². The Hall–Kier alpha value is -1.21. The molecule has 5 aliphatic rings. The number of nitrogens with zero attached hydrogens (tertiary/aromatic N) is 2. The van der Waals surface area contributed by atoms with Crippen LogP contribution in [0.4, 0.5) is 0 Å². The van der Waals surface area contributed by atoms with Crippen molar-refractivity contribution in [1.29, 1.82) is 0 Å². The summed E-state index contributed by atoms with van der Waals surface area (Å²) >= 11 is 2.11. The largest absolute Gasteiger partial charge is 0.472 e. The van der Waals surface area contributed by atoms with E-state index in [1.165, 1.54) is 61.9 Å². The number of hydrogen-bond acceptors (Lipinski definition) is 6. The summed E-state index contributed by atoms with van der Waals surface area (Å²) in [6.07, 6.45) is 18.1.